The summed E-state index contributed by atoms with van der Waals surface area (Å²) in [5, 5.41) is 32.4. The smallest absolute Gasteiger partial charge is 0.492 e. The predicted octanol–water partition coefficient (Wildman–Crippen LogP) is 3.01. The molecule has 204 valence electrons. The van der Waals surface area contributed by atoms with Gasteiger partial charge in [0.15, 0.2) is 11.5 Å². The van der Waals surface area contributed by atoms with Crippen LogP contribution in [0.2, 0.25) is 0 Å². The second-order valence-corrected chi connectivity index (χ2v) is 10.4. The zero-order valence-corrected chi connectivity index (χ0v) is 20.8. The summed E-state index contributed by atoms with van der Waals surface area (Å²) in [5.41, 5.74) is -0.948. The van der Waals surface area contributed by atoms with E-state index in [4.69, 9.17) is 4.74 Å². The monoisotopic (exact) mass is 536 g/mol. The normalized spacial score (nSPS) is 20.3. The average Bonchev–Trinajstić information content (AvgIpc) is 3.48. The number of fused-ring (bicyclic) bond motifs is 3. The first-order valence-electron chi connectivity index (χ1n) is 11.9. The molecule has 0 saturated heterocycles. The molecule has 1 amide bonds. The van der Waals surface area contributed by atoms with Gasteiger partial charge in [-0.05, 0) is 25.1 Å². The first-order chi connectivity index (χ1) is 17.8. The van der Waals surface area contributed by atoms with Crippen LogP contribution < -0.4 is 19.5 Å². The Hall–Kier alpha value is -3.48. The molecule has 12 heteroatoms. The molecule has 0 aliphatic carbocycles. The topological polar surface area (TPSA) is 122 Å². The number of aliphatic hydroxyl groups is 3. The van der Waals surface area contributed by atoms with Crippen LogP contribution in [0.5, 0.6) is 17.2 Å². The number of aliphatic hydroxyl groups excluding tert-OH is 3. The Balaban J connectivity index is 1.49. The zero-order chi connectivity index (χ0) is 27.6. The molecule has 0 saturated carbocycles. The van der Waals surface area contributed by atoms with Crippen molar-refractivity contribution in [2.24, 2.45) is 0 Å². The van der Waals surface area contributed by atoms with Gasteiger partial charge in [0.1, 0.15) is 23.6 Å². The molecule has 0 bridgehead atoms. The molecule has 2 aliphatic rings. The molecule has 2 aromatic carbocycles. The van der Waals surface area contributed by atoms with E-state index in [-0.39, 0.29) is 48.3 Å². The highest BCUT2D eigenvalue weighted by Crippen LogP contribution is 2.50. The van der Waals surface area contributed by atoms with Crippen molar-refractivity contribution < 1.29 is 47.5 Å². The Bertz CT molecular complexity index is 1440. The number of anilines is 1. The Morgan fingerprint density at radius 2 is 1.82 bits per heavy atom. The molecule has 3 heterocycles. The molecular weight excluding hydrogens is 509 g/mol. The van der Waals surface area contributed by atoms with Crippen molar-refractivity contribution in [2.45, 2.75) is 50.5 Å². The van der Waals surface area contributed by atoms with Gasteiger partial charge in [-0.25, -0.2) is 4.39 Å². The van der Waals surface area contributed by atoms with Crippen LogP contribution in [0.3, 0.4) is 0 Å². The molecule has 0 spiro atoms. The van der Waals surface area contributed by atoms with E-state index >= 15 is 4.39 Å². The number of alkyl halides is 2. The lowest BCUT2D eigenvalue weighted by atomic mass is 9.83. The van der Waals surface area contributed by atoms with E-state index in [2.05, 4.69) is 14.8 Å². The predicted molar refractivity (Wildman–Crippen MR) is 129 cm³/mol. The van der Waals surface area contributed by atoms with E-state index in [1.807, 2.05) is 0 Å². The van der Waals surface area contributed by atoms with Gasteiger partial charge >= 0.3 is 6.29 Å². The Labute approximate surface area is 215 Å². The summed E-state index contributed by atoms with van der Waals surface area (Å²) in [7, 11) is 0. The molecule has 0 unspecified atom stereocenters. The van der Waals surface area contributed by atoms with Crippen molar-refractivity contribution in [2.75, 3.05) is 25.1 Å². The lowest BCUT2D eigenvalue weighted by Gasteiger charge is -2.25. The Kier molecular flexibility index (Phi) is 6.04. The van der Waals surface area contributed by atoms with E-state index in [9.17, 15) is 28.9 Å². The second-order valence-electron chi connectivity index (χ2n) is 10.4. The number of nitrogens with zero attached hydrogens (tertiary/aromatic N) is 1. The molecule has 3 aromatic rings. The molecule has 9 nitrogen and oxygen atoms in total. The standard InChI is InChI=1S/C26H27F3N2O7/c1-24(2,11-33)22-5-13-4-17(16(27)7-18(13)31(22)9-14(34)10-32)30-23(35)25(3)12-36-19-8-21-20(6-15(19)25)37-26(28,29)38-21/h4-8,14,32-34H,9-12H2,1-3H3,(H,30,35)/t14-,25-/m1/s1. The third-order valence-corrected chi connectivity index (χ3v) is 7.05. The first kappa shape index (κ1) is 26.1. The van der Waals surface area contributed by atoms with Crippen LogP contribution in [-0.4, -0.2) is 58.0 Å². The minimum absolute atomic E-state index is 0.0365. The van der Waals surface area contributed by atoms with Crippen molar-refractivity contribution in [3.8, 4) is 17.2 Å². The lowest BCUT2D eigenvalue weighted by molar-refractivity contribution is -0.286. The number of benzene rings is 2. The van der Waals surface area contributed by atoms with Crippen LogP contribution in [0, 0.1) is 5.82 Å². The largest absolute Gasteiger partial charge is 0.586 e. The summed E-state index contributed by atoms with van der Waals surface area (Å²) in [5.74, 6) is -1.67. The van der Waals surface area contributed by atoms with Crippen LogP contribution in [0.4, 0.5) is 18.9 Å². The fourth-order valence-electron chi connectivity index (χ4n) is 4.76. The molecule has 0 fully saturated rings. The van der Waals surface area contributed by atoms with Gasteiger partial charge < -0.3 is 39.4 Å². The van der Waals surface area contributed by atoms with Gasteiger partial charge in [0.05, 0.1) is 37.1 Å². The number of hydrogen-bond acceptors (Lipinski definition) is 7. The fraction of sp³-hybridized carbons (Fsp3) is 0.423. The minimum Gasteiger partial charge on any atom is -0.492 e. The van der Waals surface area contributed by atoms with E-state index < -0.39 is 41.6 Å². The van der Waals surface area contributed by atoms with Crippen molar-refractivity contribution in [1.82, 2.24) is 4.57 Å². The van der Waals surface area contributed by atoms with Crippen LogP contribution in [0.25, 0.3) is 10.9 Å². The van der Waals surface area contributed by atoms with Gasteiger partial charge in [0.2, 0.25) is 5.91 Å². The van der Waals surface area contributed by atoms with Gasteiger partial charge in [0.25, 0.3) is 0 Å². The summed E-state index contributed by atoms with van der Waals surface area (Å²) < 4.78 is 58.5. The summed E-state index contributed by atoms with van der Waals surface area (Å²) in [4.78, 5) is 13.4. The number of amides is 1. The van der Waals surface area contributed by atoms with Crippen LogP contribution in [0.1, 0.15) is 32.0 Å². The van der Waals surface area contributed by atoms with Gasteiger partial charge in [-0.1, -0.05) is 13.8 Å². The van der Waals surface area contributed by atoms with E-state index in [1.165, 1.54) is 24.3 Å². The number of nitrogens with one attached hydrogen (secondary N) is 1. The molecule has 1 aromatic heterocycles. The fourth-order valence-corrected chi connectivity index (χ4v) is 4.76. The molecule has 2 aliphatic heterocycles. The highest BCUT2D eigenvalue weighted by molar-refractivity contribution is 6.01. The van der Waals surface area contributed by atoms with E-state index in [0.717, 1.165) is 0 Å². The number of carbonyl (C=O) groups excluding carboxylic acids is 1. The maximum absolute atomic E-state index is 15.3. The summed E-state index contributed by atoms with van der Waals surface area (Å²) in [6.07, 6.45) is -4.94. The third kappa shape index (κ3) is 4.22. The quantitative estimate of drug-likeness (QED) is 0.366. The SMILES string of the molecule is CC(C)(CO)c1cc2cc(NC(=O)[C@]3(C)COc4cc5c(cc43)OC(F)(F)O5)c(F)cc2n1C[C@@H](O)CO. The highest BCUT2D eigenvalue weighted by Gasteiger charge is 2.49. The molecule has 2 atom stereocenters. The van der Waals surface area contributed by atoms with Gasteiger partial charge in [-0.3, -0.25) is 4.79 Å². The van der Waals surface area contributed by atoms with Gasteiger partial charge in [-0.2, -0.15) is 0 Å². The minimum atomic E-state index is -3.83. The number of aromatic nitrogens is 1. The number of rotatable bonds is 7. The molecular formula is C26H27F3N2O7. The van der Waals surface area contributed by atoms with E-state index in [1.54, 1.807) is 31.4 Å². The van der Waals surface area contributed by atoms with Gasteiger partial charge in [0, 0.05) is 34.2 Å². The Morgan fingerprint density at radius 3 is 2.47 bits per heavy atom. The number of hydrogen-bond donors (Lipinski definition) is 4. The van der Waals surface area contributed by atoms with Gasteiger partial charge in [-0.15, -0.1) is 8.78 Å². The van der Waals surface area contributed by atoms with E-state index in [0.29, 0.717) is 16.6 Å². The van der Waals surface area contributed by atoms with Crippen molar-refractivity contribution in [3.63, 3.8) is 0 Å². The van der Waals surface area contributed by atoms with Crippen molar-refractivity contribution in [3.05, 3.63) is 47.4 Å². The molecule has 5 rings (SSSR count). The Morgan fingerprint density at radius 1 is 1.13 bits per heavy atom. The van der Waals surface area contributed by atoms with Crippen molar-refractivity contribution in [1.29, 1.82) is 0 Å². The van der Waals surface area contributed by atoms with Crippen LogP contribution in [-0.2, 0) is 22.2 Å². The summed E-state index contributed by atoms with van der Waals surface area (Å²) in [6.45, 7) is 4.21. The number of ether oxygens (including phenoxy) is 3. The summed E-state index contributed by atoms with van der Waals surface area (Å²) >= 11 is 0. The summed E-state index contributed by atoms with van der Waals surface area (Å²) in [6, 6.07) is 6.84. The number of carbonyl (C=O) groups is 1. The molecule has 0 radical (unpaired) electrons. The van der Waals surface area contributed by atoms with Crippen molar-refractivity contribution >= 4 is 22.5 Å². The molecule has 38 heavy (non-hydrogen) atoms. The first-order valence-corrected chi connectivity index (χ1v) is 11.9. The highest BCUT2D eigenvalue weighted by atomic mass is 19.3. The average molecular weight is 537 g/mol. The third-order valence-electron chi connectivity index (χ3n) is 7.05. The molecule has 4 N–H and O–H groups in total. The van der Waals surface area contributed by atoms with Crippen LogP contribution >= 0.6 is 0 Å². The maximum atomic E-state index is 15.3. The van der Waals surface area contributed by atoms with Crippen LogP contribution in [0.15, 0.2) is 30.3 Å². The maximum Gasteiger partial charge on any atom is 0.586 e. The number of halogens is 3. The second kappa shape index (κ2) is 8.79. The zero-order valence-electron chi connectivity index (χ0n) is 20.8. The lowest BCUT2D eigenvalue weighted by Crippen LogP contribution is -2.39.